The summed E-state index contributed by atoms with van der Waals surface area (Å²) in [6.45, 7) is 3.62. The number of fused-ring (bicyclic) bond motifs is 1. The van der Waals surface area contributed by atoms with Crippen LogP contribution in [0.15, 0.2) is 35.1 Å². The standard InChI is InChI=1S/C17H17ClN6O2/c1-11-19-17-20-12(8-15(25)24(17)21-11)9-22-6-7-23(16(26)10-22)14-5-3-2-4-13(14)18/h2-5,8H,6-7,9-10H2,1H3,(H,19,20,21). The fourth-order valence-corrected chi connectivity index (χ4v) is 3.36. The first kappa shape index (κ1) is 16.7. The van der Waals surface area contributed by atoms with Gasteiger partial charge in [0, 0.05) is 25.7 Å². The number of rotatable bonds is 3. The van der Waals surface area contributed by atoms with Gasteiger partial charge >= 0.3 is 0 Å². The van der Waals surface area contributed by atoms with Gasteiger partial charge in [-0.3, -0.25) is 19.6 Å². The Morgan fingerprint density at radius 2 is 2.00 bits per heavy atom. The summed E-state index contributed by atoms with van der Waals surface area (Å²) in [5.41, 5.74) is 1.11. The van der Waals surface area contributed by atoms with E-state index in [1.165, 1.54) is 10.6 Å². The highest BCUT2D eigenvalue weighted by molar-refractivity contribution is 6.33. The Hall–Kier alpha value is -2.71. The van der Waals surface area contributed by atoms with Gasteiger partial charge in [0.1, 0.15) is 5.82 Å². The quantitative estimate of drug-likeness (QED) is 0.747. The van der Waals surface area contributed by atoms with E-state index in [1.807, 2.05) is 23.1 Å². The van der Waals surface area contributed by atoms with Crippen molar-refractivity contribution < 1.29 is 4.79 Å². The molecule has 26 heavy (non-hydrogen) atoms. The summed E-state index contributed by atoms with van der Waals surface area (Å²) in [4.78, 5) is 36.9. The summed E-state index contributed by atoms with van der Waals surface area (Å²) < 4.78 is 1.30. The summed E-state index contributed by atoms with van der Waals surface area (Å²) in [7, 11) is 0. The Labute approximate surface area is 154 Å². The van der Waals surface area contributed by atoms with Crippen molar-refractivity contribution in [1.29, 1.82) is 0 Å². The number of aryl methyl sites for hydroxylation is 1. The second-order valence-electron chi connectivity index (χ2n) is 6.24. The minimum absolute atomic E-state index is 0.0298. The first-order valence-corrected chi connectivity index (χ1v) is 8.61. The molecular formula is C17H17ClN6O2. The highest BCUT2D eigenvalue weighted by Crippen LogP contribution is 2.26. The Bertz CT molecular complexity index is 1040. The summed E-state index contributed by atoms with van der Waals surface area (Å²) in [5.74, 6) is 0.930. The number of H-pyrrole nitrogens is 1. The molecule has 1 amide bonds. The molecule has 1 aliphatic heterocycles. The summed E-state index contributed by atoms with van der Waals surface area (Å²) >= 11 is 6.20. The fraction of sp³-hybridized carbons (Fsp3) is 0.294. The molecule has 3 aromatic rings. The van der Waals surface area contributed by atoms with Crippen molar-refractivity contribution in [1.82, 2.24) is 24.5 Å². The first-order chi connectivity index (χ1) is 12.5. The van der Waals surface area contributed by atoms with Gasteiger partial charge in [-0.1, -0.05) is 23.7 Å². The molecule has 0 aliphatic carbocycles. The van der Waals surface area contributed by atoms with Crippen LogP contribution in [0.2, 0.25) is 5.02 Å². The summed E-state index contributed by atoms with van der Waals surface area (Å²) in [6.07, 6.45) is 0. The third-order valence-corrected chi connectivity index (χ3v) is 4.64. The number of hydrogen-bond acceptors (Lipinski definition) is 5. The van der Waals surface area contributed by atoms with Crippen LogP contribution in [0.4, 0.5) is 5.69 Å². The van der Waals surface area contributed by atoms with Crippen LogP contribution >= 0.6 is 11.6 Å². The van der Waals surface area contributed by atoms with E-state index in [0.717, 1.165) is 5.69 Å². The number of piperazine rings is 1. The third kappa shape index (κ3) is 3.09. The Kier molecular flexibility index (Phi) is 4.21. The molecule has 0 saturated carbocycles. The van der Waals surface area contributed by atoms with Crippen LogP contribution in [-0.2, 0) is 11.3 Å². The molecule has 0 atom stereocenters. The predicted molar refractivity (Wildman–Crippen MR) is 97.4 cm³/mol. The van der Waals surface area contributed by atoms with E-state index < -0.39 is 0 Å². The number of halogens is 1. The number of anilines is 1. The van der Waals surface area contributed by atoms with Gasteiger partial charge in [-0.05, 0) is 19.1 Å². The van der Waals surface area contributed by atoms with Crippen molar-refractivity contribution in [3.8, 4) is 0 Å². The zero-order chi connectivity index (χ0) is 18.3. The molecule has 2 aromatic heterocycles. The van der Waals surface area contributed by atoms with Crippen LogP contribution in [-0.4, -0.2) is 50.0 Å². The zero-order valence-corrected chi connectivity index (χ0v) is 14.9. The van der Waals surface area contributed by atoms with E-state index in [4.69, 9.17) is 11.6 Å². The number of benzene rings is 1. The number of hydrogen-bond donors (Lipinski definition) is 1. The lowest BCUT2D eigenvalue weighted by molar-refractivity contribution is -0.121. The van der Waals surface area contributed by atoms with E-state index in [9.17, 15) is 9.59 Å². The SMILES string of the molecule is Cc1nc2nc(CN3CCN(c4ccccc4Cl)C(=O)C3)cc(=O)n2[nH]1. The highest BCUT2D eigenvalue weighted by Gasteiger charge is 2.26. The molecule has 1 N–H and O–H groups in total. The summed E-state index contributed by atoms with van der Waals surface area (Å²) in [5, 5.41) is 3.40. The minimum Gasteiger partial charge on any atom is -0.309 e. The van der Waals surface area contributed by atoms with Gasteiger partial charge in [-0.2, -0.15) is 9.50 Å². The van der Waals surface area contributed by atoms with Crippen molar-refractivity contribution in [2.75, 3.05) is 24.5 Å². The minimum atomic E-state index is -0.216. The molecular weight excluding hydrogens is 356 g/mol. The van der Waals surface area contributed by atoms with Gasteiger partial charge in [0.15, 0.2) is 0 Å². The maximum absolute atomic E-state index is 12.6. The largest absolute Gasteiger partial charge is 0.309 e. The van der Waals surface area contributed by atoms with Crippen LogP contribution in [0.25, 0.3) is 5.78 Å². The van der Waals surface area contributed by atoms with Gasteiger partial charge in [0.25, 0.3) is 11.3 Å². The van der Waals surface area contributed by atoms with Crippen molar-refractivity contribution >= 4 is 29.0 Å². The predicted octanol–water partition coefficient (Wildman–Crippen LogP) is 1.23. The molecule has 1 aliphatic rings. The Morgan fingerprint density at radius 1 is 1.19 bits per heavy atom. The monoisotopic (exact) mass is 372 g/mol. The molecule has 0 bridgehead atoms. The van der Waals surface area contributed by atoms with Crippen molar-refractivity contribution in [3.05, 3.63) is 57.2 Å². The number of para-hydroxylation sites is 1. The molecule has 0 radical (unpaired) electrons. The van der Waals surface area contributed by atoms with Gasteiger partial charge in [-0.15, -0.1) is 0 Å². The van der Waals surface area contributed by atoms with Gasteiger partial charge in [-0.25, -0.2) is 4.98 Å². The third-order valence-electron chi connectivity index (χ3n) is 4.32. The number of nitrogens with one attached hydrogen (secondary N) is 1. The van der Waals surface area contributed by atoms with E-state index in [1.54, 1.807) is 17.9 Å². The number of aromatic nitrogens is 4. The normalized spacial score (nSPS) is 15.8. The fourth-order valence-electron chi connectivity index (χ4n) is 3.13. The van der Waals surface area contributed by atoms with Crippen LogP contribution in [0.3, 0.4) is 0 Å². The maximum atomic E-state index is 12.6. The van der Waals surface area contributed by atoms with Gasteiger partial charge in [0.2, 0.25) is 5.91 Å². The molecule has 4 rings (SSSR count). The molecule has 9 heteroatoms. The number of carbonyl (C=O) groups excluding carboxylic acids is 1. The second kappa shape index (κ2) is 6.54. The van der Waals surface area contributed by atoms with Crippen LogP contribution in [0, 0.1) is 6.92 Å². The van der Waals surface area contributed by atoms with Crippen LogP contribution < -0.4 is 10.5 Å². The van der Waals surface area contributed by atoms with Crippen LogP contribution in [0.5, 0.6) is 0 Å². The average Bonchev–Trinajstić information content (AvgIpc) is 2.97. The lowest BCUT2D eigenvalue weighted by Gasteiger charge is -2.34. The van der Waals surface area contributed by atoms with Gasteiger partial charge in [0.05, 0.1) is 22.9 Å². The van der Waals surface area contributed by atoms with Crippen molar-refractivity contribution in [3.63, 3.8) is 0 Å². The lowest BCUT2D eigenvalue weighted by Crippen LogP contribution is -2.50. The number of nitrogens with zero attached hydrogens (tertiary/aromatic N) is 5. The Morgan fingerprint density at radius 3 is 2.77 bits per heavy atom. The number of aromatic amines is 1. The molecule has 1 fully saturated rings. The molecule has 0 unspecified atom stereocenters. The van der Waals surface area contributed by atoms with Crippen molar-refractivity contribution in [2.45, 2.75) is 13.5 Å². The molecule has 3 heterocycles. The molecule has 134 valence electrons. The van der Waals surface area contributed by atoms with E-state index in [2.05, 4.69) is 15.1 Å². The second-order valence-corrected chi connectivity index (χ2v) is 6.64. The topological polar surface area (TPSA) is 86.6 Å². The van der Waals surface area contributed by atoms with Crippen molar-refractivity contribution in [2.24, 2.45) is 0 Å². The van der Waals surface area contributed by atoms with Crippen LogP contribution in [0.1, 0.15) is 11.5 Å². The molecule has 1 saturated heterocycles. The van der Waals surface area contributed by atoms with Gasteiger partial charge < -0.3 is 4.90 Å². The molecule has 0 spiro atoms. The number of amides is 1. The maximum Gasteiger partial charge on any atom is 0.274 e. The molecule has 1 aromatic carbocycles. The Balaban J connectivity index is 1.50. The zero-order valence-electron chi connectivity index (χ0n) is 14.1. The van der Waals surface area contributed by atoms with E-state index in [0.29, 0.717) is 42.0 Å². The lowest BCUT2D eigenvalue weighted by atomic mass is 10.2. The molecule has 8 nitrogen and oxygen atoms in total. The van der Waals surface area contributed by atoms with E-state index >= 15 is 0 Å². The van der Waals surface area contributed by atoms with E-state index in [-0.39, 0.29) is 18.0 Å². The first-order valence-electron chi connectivity index (χ1n) is 8.24. The average molecular weight is 373 g/mol. The smallest absolute Gasteiger partial charge is 0.274 e. The number of carbonyl (C=O) groups is 1. The summed E-state index contributed by atoms with van der Waals surface area (Å²) in [6, 6.07) is 8.78. The highest BCUT2D eigenvalue weighted by atomic mass is 35.5.